The summed E-state index contributed by atoms with van der Waals surface area (Å²) in [7, 11) is 0. The quantitative estimate of drug-likeness (QED) is 0.839. The minimum atomic E-state index is 0.663. The number of aliphatic imine (C=N–C) groups is 1. The monoisotopic (exact) mass is 268 g/mol. The molecule has 3 atom stereocenters. The zero-order valence-corrected chi connectivity index (χ0v) is 13.1. The van der Waals surface area contributed by atoms with Crippen molar-refractivity contribution in [3.05, 3.63) is 0 Å². The van der Waals surface area contributed by atoms with E-state index in [4.69, 9.17) is 4.99 Å². The molecule has 0 radical (unpaired) electrons. The number of nitrogens with one attached hydrogen (secondary N) is 1. The highest BCUT2D eigenvalue weighted by atomic mass is 32.2. The van der Waals surface area contributed by atoms with Crippen LogP contribution in [-0.2, 0) is 0 Å². The second-order valence-corrected chi connectivity index (χ2v) is 7.72. The van der Waals surface area contributed by atoms with E-state index in [9.17, 15) is 0 Å². The van der Waals surface area contributed by atoms with Gasteiger partial charge in [0.1, 0.15) is 0 Å². The summed E-state index contributed by atoms with van der Waals surface area (Å²) in [5.41, 5.74) is 0. The summed E-state index contributed by atoms with van der Waals surface area (Å²) < 4.78 is 0. The van der Waals surface area contributed by atoms with Crippen molar-refractivity contribution in [2.24, 2.45) is 22.7 Å². The largest absolute Gasteiger partial charge is 0.362 e. The number of thioether (sulfide) groups is 1. The molecule has 0 bridgehead atoms. The van der Waals surface area contributed by atoms with E-state index in [-0.39, 0.29) is 0 Å². The predicted octanol–water partition coefficient (Wildman–Crippen LogP) is 3.92. The van der Waals surface area contributed by atoms with Gasteiger partial charge in [-0.1, -0.05) is 52.3 Å². The van der Waals surface area contributed by atoms with Gasteiger partial charge in [-0.15, -0.1) is 0 Å². The van der Waals surface area contributed by atoms with Crippen molar-refractivity contribution in [2.45, 2.75) is 64.7 Å². The van der Waals surface area contributed by atoms with Crippen LogP contribution in [0.15, 0.2) is 4.99 Å². The number of rotatable bonds is 3. The van der Waals surface area contributed by atoms with Crippen LogP contribution in [0, 0.1) is 17.8 Å². The second-order valence-electron chi connectivity index (χ2n) is 6.49. The van der Waals surface area contributed by atoms with Gasteiger partial charge in [0.05, 0.1) is 6.54 Å². The fraction of sp³-hybridized carbons (Fsp3) is 0.933. The first kappa shape index (κ1) is 14.2. The second kappa shape index (κ2) is 6.31. The Morgan fingerprint density at radius 2 is 1.83 bits per heavy atom. The van der Waals surface area contributed by atoms with Gasteiger partial charge in [0.15, 0.2) is 5.17 Å². The van der Waals surface area contributed by atoms with Crippen molar-refractivity contribution in [1.29, 1.82) is 0 Å². The number of hydrogen-bond acceptors (Lipinski definition) is 3. The average molecular weight is 268 g/mol. The Morgan fingerprint density at radius 3 is 2.44 bits per heavy atom. The molecular weight excluding hydrogens is 240 g/mol. The summed E-state index contributed by atoms with van der Waals surface area (Å²) in [4.78, 5) is 4.69. The van der Waals surface area contributed by atoms with Crippen LogP contribution in [0.1, 0.15) is 53.4 Å². The summed E-state index contributed by atoms with van der Waals surface area (Å²) in [6.07, 6.45) is 5.51. The van der Waals surface area contributed by atoms with E-state index >= 15 is 0 Å². The topological polar surface area (TPSA) is 24.4 Å². The molecule has 0 amide bonds. The molecule has 0 aromatic carbocycles. The van der Waals surface area contributed by atoms with E-state index in [1.807, 2.05) is 11.8 Å². The molecule has 1 aliphatic carbocycles. The maximum atomic E-state index is 4.69. The molecule has 1 fully saturated rings. The van der Waals surface area contributed by atoms with E-state index in [1.54, 1.807) is 0 Å². The summed E-state index contributed by atoms with van der Waals surface area (Å²) in [6, 6.07) is 0.663. The third-order valence-corrected chi connectivity index (χ3v) is 5.87. The van der Waals surface area contributed by atoms with Gasteiger partial charge in [-0.25, -0.2) is 0 Å². The average Bonchev–Trinajstić information content (AvgIpc) is 2.78. The van der Waals surface area contributed by atoms with E-state index < -0.39 is 0 Å². The van der Waals surface area contributed by atoms with Crippen LogP contribution in [0.4, 0.5) is 0 Å². The highest BCUT2D eigenvalue weighted by molar-refractivity contribution is 8.14. The molecule has 0 aromatic rings. The van der Waals surface area contributed by atoms with Crippen molar-refractivity contribution >= 4 is 16.9 Å². The molecule has 104 valence electrons. The third kappa shape index (κ3) is 3.43. The molecule has 2 nitrogen and oxygen atoms in total. The van der Waals surface area contributed by atoms with Crippen LogP contribution in [-0.4, -0.2) is 23.0 Å². The fourth-order valence-corrected chi connectivity index (χ4v) is 4.19. The van der Waals surface area contributed by atoms with Crippen LogP contribution < -0.4 is 5.32 Å². The van der Waals surface area contributed by atoms with Crippen LogP contribution in [0.3, 0.4) is 0 Å². The highest BCUT2D eigenvalue weighted by Gasteiger charge is 2.30. The molecule has 1 N–H and O–H groups in total. The lowest BCUT2D eigenvalue weighted by atomic mass is 9.78. The van der Waals surface area contributed by atoms with E-state index in [1.165, 1.54) is 30.9 Å². The molecule has 1 aliphatic heterocycles. The predicted molar refractivity (Wildman–Crippen MR) is 82.2 cm³/mol. The Labute approximate surface area is 116 Å². The van der Waals surface area contributed by atoms with E-state index in [0.29, 0.717) is 11.3 Å². The molecule has 3 unspecified atom stereocenters. The van der Waals surface area contributed by atoms with E-state index in [2.05, 4.69) is 33.0 Å². The molecule has 1 heterocycles. The van der Waals surface area contributed by atoms with Crippen LogP contribution in [0.25, 0.3) is 0 Å². The zero-order valence-electron chi connectivity index (χ0n) is 12.3. The minimum absolute atomic E-state index is 0.663. The SMILES string of the molecule is CC(C)C1CN=C(NC2CCCCC2C(C)C)S1. The zero-order chi connectivity index (χ0) is 13.1. The molecule has 1 saturated carbocycles. The standard InChI is InChI=1S/C15H28N2S/c1-10(2)12-7-5-6-8-13(12)17-15-16-9-14(18-15)11(3)4/h10-14H,5-9H2,1-4H3,(H,16,17). The number of hydrogen-bond donors (Lipinski definition) is 1. The summed E-state index contributed by atoms with van der Waals surface area (Å²) in [5, 5.41) is 5.65. The smallest absolute Gasteiger partial charge is 0.157 e. The van der Waals surface area contributed by atoms with Gasteiger partial charge in [0.2, 0.25) is 0 Å². The Bertz CT molecular complexity index is 299. The molecule has 2 rings (SSSR count). The Hall–Kier alpha value is -0.180. The van der Waals surface area contributed by atoms with Gasteiger partial charge >= 0.3 is 0 Å². The van der Waals surface area contributed by atoms with Gasteiger partial charge in [-0.3, -0.25) is 4.99 Å². The first-order valence-electron chi connectivity index (χ1n) is 7.55. The fourth-order valence-electron chi connectivity index (χ4n) is 3.11. The van der Waals surface area contributed by atoms with Gasteiger partial charge < -0.3 is 5.32 Å². The minimum Gasteiger partial charge on any atom is -0.362 e. The summed E-state index contributed by atoms with van der Waals surface area (Å²) in [6.45, 7) is 10.3. The lowest BCUT2D eigenvalue weighted by Crippen LogP contribution is -2.42. The Balaban J connectivity index is 1.88. The lowest BCUT2D eigenvalue weighted by Gasteiger charge is -2.35. The lowest BCUT2D eigenvalue weighted by molar-refractivity contribution is 0.225. The molecule has 0 spiro atoms. The molecule has 18 heavy (non-hydrogen) atoms. The first-order valence-corrected chi connectivity index (χ1v) is 8.43. The molecule has 0 aromatic heterocycles. The summed E-state index contributed by atoms with van der Waals surface area (Å²) >= 11 is 1.97. The Morgan fingerprint density at radius 1 is 1.11 bits per heavy atom. The molecule has 0 saturated heterocycles. The maximum Gasteiger partial charge on any atom is 0.157 e. The van der Waals surface area contributed by atoms with E-state index in [0.717, 1.165) is 24.3 Å². The van der Waals surface area contributed by atoms with Crippen LogP contribution >= 0.6 is 11.8 Å². The van der Waals surface area contributed by atoms with Crippen molar-refractivity contribution in [2.75, 3.05) is 6.54 Å². The maximum absolute atomic E-state index is 4.69. The normalized spacial score (nSPS) is 33.0. The van der Waals surface area contributed by atoms with Gasteiger partial charge in [0.25, 0.3) is 0 Å². The van der Waals surface area contributed by atoms with Gasteiger partial charge in [-0.05, 0) is 30.6 Å². The Kier molecular flexibility index (Phi) is 4.99. The molecule has 3 heteroatoms. The molecular formula is C15H28N2S. The van der Waals surface area contributed by atoms with Gasteiger partial charge in [0, 0.05) is 11.3 Å². The van der Waals surface area contributed by atoms with Crippen molar-refractivity contribution in [3.8, 4) is 0 Å². The third-order valence-electron chi connectivity index (χ3n) is 4.41. The summed E-state index contributed by atoms with van der Waals surface area (Å²) in [5.74, 6) is 2.35. The van der Waals surface area contributed by atoms with Crippen molar-refractivity contribution in [1.82, 2.24) is 5.32 Å². The number of amidine groups is 1. The number of nitrogens with zero attached hydrogens (tertiary/aromatic N) is 1. The van der Waals surface area contributed by atoms with Crippen molar-refractivity contribution < 1.29 is 0 Å². The highest BCUT2D eigenvalue weighted by Crippen LogP contribution is 2.32. The van der Waals surface area contributed by atoms with Crippen LogP contribution in [0.5, 0.6) is 0 Å². The molecule has 2 aliphatic rings. The van der Waals surface area contributed by atoms with Crippen molar-refractivity contribution in [3.63, 3.8) is 0 Å². The van der Waals surface area contributed by atoms with Crippen LogP contribution in [0.2, 0.25) is 0 Å². The van der Waals surface area contributed by atoms with Gasteiger partial charge in [-0.2, -0.15) is 0 Å². The first-order chi connectivity index (χ1) is 8.58.